The molecule has 0 aliphatic rings. The van der Waals surface area contributed by atoms with Gasteiger partial charge in [0, 0.05) is 38.2 Å². The summed E-state index contributed by atoms with van der Waals surface area (Å²) in [4.78, 5) is 12.5. The largest absolute Gasteiger partial charge is 0.377 e. The van der Waals surface area contributed by atoms with E-state index in [0.717, 1.165) is 31.1 Å². The summed E-state index contributed by atoms with van der Waals surface area (Å²) in [5.74, 6) is 2.47. The van der Waals surface area contributed by atoms with Crippen LogP contribution in [0.2, 0.25) is 0 Å². The fourth-order valence-electron chi connectivity index (χ4n) is 1.99. The molecule has 0 aliphatic carbocycles. The number of rotatable bonds is 8. The van der Waals surface area contributed by atoms with E-state index in [9.17, 15) is 0 Å². The Balaban J connectivity index is 2.08. The highest BCUT2D eigenvalue weighted by Crippen LogP contribution is 2.17. The first-order chi connectivity index (χ1) is 10.2. The summed E-state index contributed by atoms with van der Waals surface area (Å²) in [5, 5.41) is 5.35. The van der Waals surface area contributed by atoms with Crippen LogP contribution in [-0.2, 0) is 17.8 Å². The second-order valence-electron chi connectivity index (χ2n) is 4.74. The Morgan fingerprint density at radius 2 is 2.24 bits per heavy atom. The Morgan fingerprint density at radius 3 is 2.90 bits per heavy atom. The molecule has 0 aromatic carbocycles. The Bertz CT molecular complexity index is 520. The molecule has 0 aliphatic heterocycles. The molecule has 0 saturated heterocycles. The van der Waals surface area contributed by atoms with Crippen LogP contribution in [0.15, 0.2) is 23.6 Å². The second-order valence-corrected chi connectivity index (χ2v) is 5.77. The average molecular weight is 306 g/mol. The molecule has 2 heterocycles. The van der Waals surface area contributed by atoms with E-state index in [1.54, 1.807) is 18.4 Å². The molecule has 0 unspecified atom stereocenters. The molecule has 0 spiro atoms. The third-order valence-corrected chi connectivity index (χ3v) is 3.99. The molecule has 5 nitrogen and oxygen atoms in total. The predicted octanol–water partition coefficient (Wildman–Crippen LogP) is 2.80. The molecule has 0 radical (unpaired) electrons. The number of anilines is 2. The fraction of sp³-hybridized carbons (Fsp3) is 0.467. The first-order valence-corrected chi connectivity index (χ1v) is 7.95. The molecule has 0 saturated carbocycles. The molecule has 6 heteroatoms. The van der Waals surface area contributed by atoms with Crippen LogP contribution in [0.3, 0.4) is 0 Å². The Morgan fingerprint density at radius 1 is 1.38 bits per heavy atom. The summed E-state index contributed by atoms with van der Waals surface area (Å²) in [5.41, 5.74) is 0. The molecular formula is C15H22N4OS. The van der Waals surface area contributed by atoms with Crippen LogP contribution in [0.4, 0.5) is 11.6 Å². The van der Waals surface area contributed by atoms with Gasteiger partial charge < -0.3 is 15.0 Å². The quantitative estimate of drug-likeness (QED) is 0.813. The maximum Gasteiger partial charge on any atom is 0.158 e. The summed E-state index contributed by atoms with van der Waals surface area (Å²) in [6, 6.07) is 6.24. The van der Waals surface area contributed by atoms with Crippen molar-refractivity contribution in [2.24, 2.45) is 0 Å². The number of methoxy groups -OCH3 is 1. The maximum atomic E-state index is 5.15. The number of hydrogen-bond acceptors (Lipinski definition) is 6. The first-order valence-electron chi connectivity index (χ1n) is 7.07. The van der Waals surface area contributed by atoms with Gasteiger partial charge in [-0.05, 0) is 24.8 Å². The van der Waals surface area contributed by atoms with Gasteiger partial charge in [-0.2, -0.15) is 0 Å². The lowest BCUT2D eigenvalue weighted by Crippen LogP contribution is -2.22. The van der Waals surface area contributed by atoms with Gasteiger partial charge in [0.1, 0.15) is 18.2 Å². The van der Waals surface area contributed by atoms with E-state index in [1.807, 2.05) is 6.07 Å². The van der Waals surface area contributed by atoms with Crippen LogP contribution >= 0.6 is 11.3 Å². The third kappa shape index (κ3) is 4.68. The highest BCUT2D eigenvalue weighted by molar-refractivity contribution is 7.09. The van der Waals surface area contributed by atoms with Gasteiger partial charge in [-0.15, -0.1) is 11.3 Å². The maximum absolute atomic E-state index is 5.15. The zero-order valence-corrected chi connectivity index (χ0v) is 13.6. The van der Waals surface area contributed by atoms with Crippen LogP contribution in [0.25, 0.3) is 0 Å². The molecule has 114 valence electrons. The smallest absolute Gasteiger partial charge is 0.158 e. The highest BCUT2D eigenvalue weighted by atomic mass is 32.1. The van der Waals surface area contributed by atoms with Crippen molar-refractivity contribution < 1.29 is 4.74 Å². The van der Waals surface area contributed by atoms with E-state index >= 15 is 0 Å². The molecule has 2 aromatic rings. The summed E-state index contributed by atoms with van der Waals surface area (Å²) >= 11 is 1.79. The van der Waals surface area contributed by atoms with Crippen LogP contribution in [0, 0.1) is 0 Å². The number of nitrogens with one attached hydrogen (secondary N) is 1. The fourth-order valence-corrected chi connectivity index (χ4v) is 2.69. The van der Waals surface area contributed by atoms with Gasteiger partial charge in [-0.1, -0.05) is 6.07 Å². The van der Waals surface area contributed by atoms with Crippen molar-refractivity contribution in [1.29, 1.82) is 0 Å². The van der Waals surface area contributed by atoms with Crippen LogP contribution in [0.1, 0.15) is 17.6 Å². The van der Waals surface area contributed by atoms with Gasteiger partial charge >= 0.3 is 0 Å². The zero-order valence-electron chi connectivity index (χ0n) is 12.8. The lowest BCUT2D eigenvalue weighted by molar-refractivity contribution is 0.178. The molecule has 21 heavy (non-hydrogen) atoms. The topological polar surface area (TPSA) is 50.3 Å². The van der Waals surface area contributed by atoms with Crippen molar-refractivity contribution >= 4 is 23.0 Å². The molecule has 0 fully saturated rings. The van der Waals surface area contributed by atoms with Crippen molar-refractivity contribution in [2.45, 2.75) is 20.0 Å². The van der Waals surface area contributed by atoms with Crippen molar-refractivity contribution in [3.8, 4) is 0 Å². The number of nitrogens with zero attached hydrogens (tertiary/aromatic N) is 3. The summed E-state index contributed by atoms with van der Waals surface area (Å²) in [7, 11) is 3.71. The van der Waals surface area contributed by atoms with Crippen molar-refractivity contribution in [3.63, 3.8) is 0 Å². The SMILES string of the molecule is CCNc1cc(N(C)CCc2cccs2)nc(COC)n1. The number of thiophene rings is 1. The minimum absolute atomic E-state index is 0.422. The van der Waals surface area contributed by atoms with Gasteiger partial charge in [-0.3, -0.25) is 0 Å². The van der Waals surface area contributed by atoms with Crippen LogP contribution in [0.5, 0.6) is 0 Å². The molecule has 0 bridgehead atoms. The van der Waals surface area contributed by atoms with Gasteiger partial charge in [-0.25, -0.2) is 9.97 Å². The summed E-state index contributed by atoms with van der Waals surface area (Å²) in [6.45, 7) is 4.24. The van der Waals surface area contributed by atoms with Crippen molar-refractivity contribution in [2.75, 3.05) is 37.5 Å². The normalized spacial score (nSPS) is 10.6. The monoisotopic (exact) mass is 306 g/mol. The number of hydrogen-bond donors (Lipinski definition) is 1. The minimum Gasteiger partial charge on any atom is -0.377 e. The minimum atomic E-state index is 0.422. The van der Waals surface area contributed by atoms with E-state index in [0.29, 0.717) is 12.4 Å². The lowest BCUT2D eigenvalue weighted by Gasteiger charge is -2.19. The highest BCUT2D eigenvalue weighted by Gasteiger charge is 2.09. The molecule has 0 amide bonds. The van der Waals surface area contributed by atoms with Gasteiger partial charge in [0.25, 0.3) is 0 Å². The van der Waals surface area contributed by atoms with Crippen molar-refractivity contribution in [1.82, 2.24) is 9.97 Å². The van der Waals surface area contributed by atoms with E-state index in [1.165, 1.54) is 4.88 Å². The predicted molar refractivity (Wildman–Crippen MR) is 88.2 cm³/mol. The number of ether oxygens (including phenoxy) is 1. The average Bonchev–Trinajstić information content (AvgIpc) is 2.98. The Hall–Kier alpha value is -1.66. The van der Waals surface area contributed by atoms with Crippen LogP contribution < -0.4 is 10.2 Å². The lowest BCUT2D eigenvalue weighted by atomic mass is 10.3. The summed E-state index contributed by atoms with van der Waals surface area (Å²) in [6.07, 6.45) is 1.02. The van der Waals surface area contributed by atoms with Gasteiger partial charge in [0.15, 0.2) is 5.82 Å². The van der Waals surface area contributed by atoms with Crippen LogP contribution in [-0.4, -0.2) is 37.2 Å². The van der Waals surface area contributed by atoms with Crippen molar-refractivity contribution in [3.05, 3.63) is 34.3 Å². The van der Waals surface area contributed by atoms with E-state index in [2.05, 4.69) is 51.7 Å². The van der Waals surface area contributed by atoms with E-state index in [4.69, 9.17) is 4.74 Å². The standard InChI is InChI=1S/C15H22N4OS/c1-4-16-13-10-15(18-14(17-13)11-20-3)19(2)8-7-12-6-5-9-21-12/h5-6,9-10H,4,7-8,11H2,1-3H3,(H,16,17,18). The van der Waals surface area contributed by atoms with Gasteiger partial charge in [0.2, 0.25) is 0 Å². The second kappa shape index (κ2) is 7.95. The number of likely N-dealkylation sites (N-methyl/N-ethyl adjacent to an activating group) is 1. The third-order valence-electron chi connectivity index (χ3n) is 3.06. The molecule has 2 rings (SSSR count). The van der Waals surface area contributed by atoms with E-state index < -0.39 is 0 Å². The molecule has 1 N–H and O–H groups in total. The first kappa shape index (κ1) is 15.7. The Labute approximate surface area is 130 Å². The molecular weight excluding hydrogens is 284 g/mol. The zero-order chi connectivity index (χ0) is 15.1. The van der Waals surface area contributed by atoms with E-state index in [-0.39, 0.29) is 0 Å². The number of aromatic nitrogens is 2. The molecule has 0 atom stereocenters. The molecule has 2 aromatic heterocycles. The summed E-state index contributed by atoms with van der Waals surface area (Å²) < 4.78 is 5.15. The Kier molecular flexibility index (Phi) is 5.95. The van der Waals surface area contributed by atoms with Gasteiger partial charge in [0.05, 0.1) is 0 Å².